The van der Waals surface area contributed by atoms with Crippen molar-refractivity contribution in [3.05, 3.63) is 33.3 Å². The van der Waals surface area contributed by atoms with Gasteiger partial charge in [-0.1, -0.05) is 24.4 Å². The summed E-state index contributed by atoms with van der Waals surface area (Å²) in [6.07, 6.45) is 4.21. The molecule has 19 heavy (non-hydrogen) atoms. The number of amides is 2. The molecule has 2 rings (SSSR count). The van der Waals surface area contributed by atoms with Crippen LogP contribution in [0.4, 0.5) is 16.2 Å². The number of urea groups is 1. The van der Waals surface area contributed by atoms with Gasteiger partial charge in [0.1, 0.15) is 5.02 Å². The van der Waals surface area contributed by atoms with E-state index in [9.17, 15) is 14.9 Å². The zero-order valence-electron chi connectivity index (χ0n) is 10.2. The summed E-state index contributed by atoms with van der Waals surface area (Å²) in [5.41, 5.74) is 0.131. The van der Waals surface area contributed by atoms with Crippen molar-refractivity contribution >= 4 is 29.0 Å². The Bertz CT molecular complexity index is 501. The number of nitrogens with one attached hydrogen (secondary N) is 2. The fourth-order valence-electron chi connectivity index (χ4n) is 2.15. The zero-order valence-corrected chi connectivity index (χ0v) is 10.9. The first kappa shape index (κ1) is 13.6. The molecule has 1 fully saturated rings. The third kappa shape index (κ3) is 3.57. The van der Waals surface area contributed by atoms with E-state index in [2.05, 4.69) is 10.6 Å². The predicted octanol–water partition coefficient (Wildman–Crippen LogP) is 3.31. The van der Waals surface area contributed by atoms with E-state index in [-0.39, 0.29) is 22.8 Å². The molecule has 2 N–H and O–H groups in total. The Morgan fingerprint density at radius 3 is 2.68 bits per heavy atom. The molecular weight excluding hydrogens is 270 g/mol. The van der Waals surface area contributed by atoms with Crippen molar-refractivity contribution in [1.29, 1.82) is 0 Å². The molecule has 2 amide bonds. The first-order valence-electron chi connectivity index (χ1n) is 6.08. The molecule has 0 aromatic heterocycles. The van der Waals surface area contributed by atoms with Gasteiger partial charge >= 0.3 is 6.03 Å². The van der Waals surface area contributed by atoms with Gasteiger partial charge in [0, 0.05) is 17.8 Å². The second kappa shape index (κ2) is 5.88. The van der Waals surface area contributed by atoms with Crippen LogP contribution < -0.4 is 10.6 Å². The minimum absolute atomic E-state index is 0.0479. The lowest BCUT2D eigenvalue weighted by Gasteiger charge is -2.12. The molecule has 0 unspecified atom stereocenters. The SMILES string of the molecule is O=C(Nc1ccc(Cl)c([N+](=O)[O-])c1)NC1CCCC1. The summed E-state index contributed by atoms with van der Waals surface area (Å²) < 4.78 is 0. The van der Waals surface area contributed by atoms with E-state index < -0.39 is 4.92 Å². The smallest absolute Gasteiger partial charge is 0.319 e. The van der Waals surface area contributed by atoms with E-state index >= 15 is 0 Å². The fraction of sp³-hybridized carbons (Fsp3) is 0.417. The summed E-state index contributed by atoms with van der Waals surface area (Å²) in [4.78, 5) is 21.9. The molecule has 6 nitrogen and oxygen atoms in total. The topological polar surface area (TPSA) is 84.3 Å². The van der Waals surface area contributed by atoms with E-state index in [0.717, 1.165) is 25.7 Å². The first-order chi connectivity index (χ1) is 9.06. The molecule has 0 radical (unpaired) electrons. The lowest BCUT2D eigenvalue weighted by molar-refractivity contribution is -0.384. The van der Waals surface area contributed by atoms with E-state index in [1.54, 1.807) is 0 Å². The molecule has 0 saturated heterocycles. The Labute approximate surface area is 115 Å². The number of benzene rings is 1. The van der Waals surface area contributed by atoms with Gasteiger partial charge in [0.05, 0.1) is 4.92 Å². The molecule has 0 heterocycles. The summed E-state index contributed by atoms with van der Waals surface area (Å²) in [5, 5.41) is 16.2. The minimum atomic E-state index is -0.581. The van der Waals surface area contributed by atoms with Gasteiger partial charge in [-0.15, -0.1) is 0 Å². The normalized spacial score (nSPS) is 15.2. The van der Waals surface area contributed by atoms with E-state index in [4.69, 9.17) is 11.6 Å². The zero-order chi connectivity index (χ0) is 13.8. The highest BCUT2D eigenvalue weighted by atomic mass is 35.5. The van der Waals surface area contributed by atoms with Gasteiger partial charge in [0.15, 0.2) is 0 Å². The van der Waals surface area contributed by atoms with Crippen molar-refractivity contribution in [3.63, 3.8) is 0 Å². The van der Waals surface area contributed by atoms with Gasteiger partial charge in [-0.2, -0.15) is 0 Å². The van der Waals surface area contributed by atoms with Crippen molar-refractivity contribution in [2.24, 2.45) is 0 Å². The summed E-state index contributed by atoms with van der Waals surface area (Å²) in [6, 6.07) is 4.02. The van der Waals surface area contributed by atoms with Crippen LogP contribution in [0.5, 0.6) is 0 Å². The Kier molecular flexibility index (Phi) is 4.21. The van der Waals surface area contributed by atoms with Crippen molar-refractivity contribution in [1.82, 2.24) is 5.32 Å². The number of nitro benzene ring substituents is 1. The fourth-order valence-corrected chi connectivity index (χ4v) is 2.34. The Morgan fingerprint density at radius 2 is 2.05 bits per heavy atom. The molecule has 0 aliphatic heterocycles. The van der Waals surface area contributed by atoms with Crippen LogP contribution in [-0.2, 0) is 0 Å². The van der Waals surface area contributed by atoms with Crippen molar-refractivity contribution in [2.75, 3.05) is 5.32 Å². The maximum Gasteiger partial charge on any atom is 0.319 e. The number of carbonyl (C=O) groups excluding carboxylic acids is 1. The van der Waals surface area contributed by atoms with Crippen LogP contribution in [-0.4, -0.2) is 17.0 Å². The monoisotopic (exact) mass is 283 g/mol. The summed E-state index contributed by atoms with van der Waals surface area (Å²) in [6.45, 7) is 0. The number of halogens is 1. The average molecular weight is 284 g/mol. The highest BCUT2D eigenvalue weighted by molar-refractivity contribution is 6.32. The average Bonchev–Trinajstić information content (AvgIpc) is 2.84. The highest BCUT2D eigenvalue weighted by Crippen LogP contribution is 2.27. The quantitative estimate of drug-likeness (QED) is 0.659. The molecule has 0 bridgehead atoms. The van der Waals surface area contributed by atoms with Gasteiger partial charge in [-0.3, -0.25) is 10.1 Å². The lowest BCUT2D eigenvalue weighted by Crippen LogP contribution is -2.36. The minimum Gasteiger partial charge on any atom is -0.335 e. The Morgan fingerprint density at radius 1 is 1.37 bits per heavy atom. The Hall–Kier alpha value is -1.82. The van der Waals surface area contributed by atoms with Crippen molar-refractivity contribution in [3.8, 4) is 0 Å². The summed E-state index contributed by atoms with van der Waals surface area (Å²) in [5.74, 6) is 0. The third-order valence-electron chi connectivity index (χ3n) is 3.09. The molecule has 0 atom stereocenters. The molecule has 1 saturated carbocycles. The van der Waals surface area contributed by atoms with Gasteiger partial charge in [-0.25, -0.2) is 4.79 Å². The maximum atomic E-state index is 11.7. The molecule has 1 aliphatic carbocycles. The number of hydrogen-bond acceptors (Lipinski definition) is 3. The molecule has 1 aromatic rings. The van der Waals surface area contributed by atoms with Gasteiger partial charge in [0.25, 0.3) is 5.69 Å². The van der Waals surface area contributed by atoms with Crippen LogP contribution in [0.1, 0.15) is 25.7 Å². The van der Waals surface area contributed by atoms with Gasteiger partial charge in [0.2, 0.25) is 0 Å². The molecular formula is C12H14ClN3O3. The number of carbonyl (C=O) groups is 1. The lowest BCUT2D eigenvalue weighted by atomic mass is 10.2. The highest BCUT2D eigenvalue weighted by Gasteiger charge is 2.18. The number of anilines is 1. The molecule has 0 spiro atoms. The van der Waals surface area contributed by atoms with E-state index in [0.29, 0.717) is 5.69 Å². The summed E-state index contributed by atoms with van der Waals surface area (Å²) in [7, 11) is 0. The van der Waals surface area contributed by atoms with Crippen LogP contribution in [0.25, 0.3) is 0 Å². The van der Waals surface area contributed by atoms with Crippen LogP contribution in [0.15, 0.2) is 18.2 Å². The number of nitrogens with zero attached hydrogens (tertiary/aromatic N) is 1. The first-order valence-corrected chi connectivity index (χ1v) is 6.45. The number of hydrogen-bond donors (Lipinski definition) is 2. The van der Waals surface area contributed by atoms with Crippen molar-refractivity contribution in [2.45, 2.75) is 31.7 Å². The second-order valence-corrected chi connectivity index (χ2v) is 4.91. The molecule has 1 aromatic carbocycles. The Balaban J connectivity index is 2.00. The largest absolute Gasteiger partial charge is 0.335 e. The molecule has 1 aliphatic rings. The molecule has 7 heteroatoms. The standard InChI is InChI=1S/C12H14ClN3O3/c13-10-6-5-9(7-11(10)16(18)19)15-12(17)14-8-3-1-2-4-8/h5-8H,1-4H2,(H2,14,15,17). The third-order valence-corrected chi connectivity index (χ3v) is 3.41. The summed E-state index contributed by atoms with van der Waals surface area (Å²) >= 11 is 5.70. The maximum absolute atomic E-state index is 11.7. The second-order valence-electron chi connectivity index (χ2n) is 4.50. The van der Waals surface area contributed by atoms with E-state index in [1.165, 1.54) is 18.2 Å². The van der Waals surface area contributed by atoms with Crippen LogP contribution in [0.3, 0.4) is 0 Å². The van der Waals surface area contributed by atoms with Crippen LogP contribution >= 0.6 is 11.6 Å². The van der Waals surface area contributed by atoms with Crippen LogP contribution in [0, 0.1) is 10.1 Å². The van der Waals surface area contributed by atoms with Gasteiger partial charge < -0.3 is 10.6 Å². The predicted molar refractivity (Wildman–Crippen MR) is 72.5 cm³/mol. The number of rotatable bonds is 3. The van der Waals surface area contributed by atoms with Crippen molar-refractivity contribution < 1.29 is 9.72 Å². The molecule has 102 valence electrons. The van der Waals surface area contributed by atoms with E-state index in [1.807, 2.05) is 0 Å². The van der Waals surface area contributed by atoms with Crippen LogP contribution in [0.2, 0.25) is 5.02 Å². The number of nitro groups is 1. The van der Waals surface area contributed by atoms with Gasteiger partial charge in [-0.05, 0) is 25.0 Å².